The maximum Gasteiger partial charge on any atom is 0.319 e. The molecule has 1 heterocycles. The first-order valence-corrected chi connectivity index (χ1v) is 9.48. The van der Waals surface area contributed by atoms with E-state index in [4.69, 9.17) is 16.3 Å². The SMILES string of the molecule is COCCN1CCC[C@H](CNC(=O)Nc2ccc(Cl)c3ccccc23)C1. The lowest BCUT2D eigenvalue weighted by Gasteiger charge is -2.32. The number of methoxy groups -OCH3 is 1. The summed E-state index contributed by atoms with van der Waals surface area (Å²) < 4.78 is 5.16. The van der Waals surface area contributed by atoms with Crippen LogP contribution in [0.3, 0.4) is 0 Å². The average Bonchev–Trinajstić information content (AvgIpc) is 2.67. The van der Waals surface area contributed by atoms with Gasteiger partial charge in [-0.15, -0.1) is 0 Å². The maximum absolute atomic E-state index is 12.3. The van der Waals surface area contributed by atoms with Crippen LogP contribution in [0.15, 0.2) is 36.4 Å². The molecule has 5 nitrogen and oxygen atoms in total. The number of nitrogens with zero attached hydrogens (tertiary/aromatic N) is 1. The van der Waals surface area contributed by atoms with Gasteiger partial charge < -0.3 is 20.3 Å². The van der Waals surface area contributed by atoms with E-state index in [0.29, 0.717) is 17.5 Å². The lowest BCUT2D eigenvalue weighted by Crippen LogP contribution is -2.42. The number of likely N-dealkylation sites (tertiary alicyclic amines) is 1. The maximum atomic E-state index is 12.3. The Labute approximate surface area is 159 Å². The third kappa shape index (κ3) is 4.87. The molecule has 1 saturated heterocycles. The van der Waals surface area contributed by atoms with E-state index in [1.807, 2.05) is 36.4 Å². The van der Waals surface area contributed by atoms with Crippen molar-refractivity contribution in [3.63, 3.8) is 0 Å². The third-order valence-corrected chi connectivity index (χ3v) is 5.21. The van der Waals surface area contributed by atoms with E-state index in [1.54, 1.807) is 7.11 Å². The number of piperidine rings is 1. The van der Waals surface area contributed by atoms with E-state index in [1.165, 1.54) is 6.42 Å². The van der Waals surface area contributed by atoms with E-state index >= 15 is 0 Å². The molecule has 6 heteroatoms. The summed E-state index contributed by atoms with van der Waals surface area (Å²) in [5, 5.41) is 8.54. The third-order valence-electron chi connectivity index (χ3n) is 4.89. The zero-order valence-electron chi connectivity index (χ0n) is 15.1. The predicted octanol–water partition coefficient (Wildman–Crippen LogP) is 3.97. The summed E-state index contributed by atoms with van der Waals surface area (Å²) in [6.07, 6.45) is 2.31. The molecule has 1 aliphatic heterocycles. The molecule has 1 atom stereocenters. The number of carbonyl (C=O) groups excluding carboxylic acids is 1. The Bertz CT molecular complexity index is 753. The van der Waals surface area contributed by atoms with Gasteiger partial charge in [-0.2, -0.15) is 0 Å². The Balaban J connectivity index is 1.54. The van der Waals surface area contributed by atoms with Crippen LogP contribution in [-0.2, 0) is 4.74 Å². The van der Waals surface area contributed by atoms with Gasteiger partial charge in [-0.05, 0) is 37.4 Å². The lowest BCUT2D eigenvalue weighted by atomic mass is 9.98. The van der Waals surface area contributed by atoms with Gasteiger partial charge in [0.15, 0.2) is 0 Å². The number of hydrogen-bond acceptors (Lipinski definition) is 3. The summed E-state index contributed by atoms with van der Waals surface area (Å²) in [6.45, 7) is 4.51. The summed E-state index contributed by atoms with van der Waals surface area (Å²) in [5.41, 5.74) is 0.771. The number of rotatable bonds is 6. The molecule has 2 aromatic carbocycles. The zero-order valence-corrected chi connectivity index (χ0v) is 15.9. The van der Waals surface area contributed by atoms with Crippen molar-refractivity contribution >= 4 is 34.1 Å². The number of nitrogens with one attached hydrogen (secondary N) is 2. The number of anilines is 1. The van der Waals surface area contributed by atoms with Crippen molar-refractivity contribution < 1.29 is 9.53 Å². The van der Waals surface area contributed by atoms with Crippen LogP contribution in [0.4, 0.5) is 10.5 Å². The summed E-state index contributed by atoms with van der Waals surface area (Å²) in [6, 6.07) is 11.3. The highest BCUT2D eigenvalue weighted by molar-refractivity contribution is 6.36. The van der Waals surface area contributed by atoms with E-state index < -0.39 is 0 Å². The van der Waals surface area contributed by atoms with Crippen LogP contribution in [0, 0.1) is 5.92 Å². The smallest absolute Gasteiger partial charge is 0.319 e. The van der Waals surface area contributed by atoms with Gasteiger partial charge in [0.25, 0.3) is 0 Å². The second-order valence-corrected chi connectivity index (χ2v) is 7.18. The summed E-state index contributed by atoms with van der Waals surface area (Å²) in [5.74, 6) is 0.480. The number of fused-ring (bicyclic) bond motifs is 1. The van der Waals surface area contributed by atoms with Crippen LogP contribution in [-0.4, -0.2) is 50.8 Å². The standard InChI is InChI=1S/C20H26ClN3O2/c1-26-12-11-24-10-4-5-15(14-24)13-22-20(25)23-19-9-8-18(21)16-6-2-3-7-17(16)19/h2-3,6-9,15H,4-5,10-14H2,1H3,(H2,22,23,25)/t15-/m1/s1. The first kappa shape index (κ1) is 19.0. The van der Waals surface area contributed by atoms with Crippen LogP contribution < -0.4 is 10.6 Å². The van der Waals surface area contributed by atoms with Gasteiger partial charge in [0, 0.05) is 42.5 Å². The monoisotopic (exact) mass is 375 g/mol. The number of benzene rings is 2. The molecule has 0 spiro atoms. The first-order chi connectivity index (χ1) is 12.7. The molecule has 0 radical (unpaired) electrons. The van der Waals surface area contributed by atoms with Crippen molar-refractivity contribution in [2.24, 2.45) is 5.92 Å². The van der Waals surface area contributed by atoms with E-state index in [9.17, 15) is 4.79 Å². The van der Waals surface area contributed by atoms with Gasteiger partial charge in [-0.1, -0.05) is 35.9 Å². The first-order valence-electron chi connectivity index (χ1n) is 9.11. The second-order valence-electron chi connectivity index (χ2n) is 6.78. The Morgan fingerprint density at radius 2 is 2.08 bits per heavy atom. The molecule has 0 unspecified atom stereocenters. The molecule has 0 aromatic heterocycles. The lowest BCUT2D eigenvalue weighted by molar-refractivity contribution is 0.115. The molecule has 140 valence electrons. The number of halogens is 1. The Kier molecular flexibility index (Phi) is 6.72. The highest BCUT2D eigenvalue weighted by atomic mass is 35.5. The summed E-state index contributed by atoms with van der Waals surface area (Å²) >= 11 is 6.24. The fourth-order valence-corrected chi connectivity index (χ4v) is 3.74. The predicted molar refractivity (Wildman–Crippen MR) is 107 cm³/mol. The van der Waals surface area contributed by atoms with Gasteiger partial charge in [-0.25, -0.2) is 4.79 Å². The van der Waals surface area contributed by atoms with Crippen LogP contribution in [0.2, 0.25) is 5.02 Å². The number of amides is 2. The van der Waals surface area contributed by atoms with Crippen LogP contribution in [0.1, 0.15) is 12.8 Å². The topological polar surface area (TPSA) is 53.6 Å². The molecule has 0 saturated carbocycles. The number of hydrogen-bond donors (Lipinski definition) is 2. The van der Waals surface area contributed by atoms with Crippen molar-refractivity contribution in [2.45, 2.75) is 12.8 Å². The van der Waals surface area contributed by atoms with Crippen molar-refractivity contribution in [3.8, 4) is 0 Å². The largest absolute Gasteiger partial charge is 0.383 e. The van der Waals surface area contributed by atoms with Gasteiger partial charge in [0.2, 0.25) is 0 Å². The fraction of sp³-hybridized carbons (Fsp3) is 0.450. The minimum absolute atomic E-state index is 0.175. The number of carbonyl (C=O) groups is 1. The van der Waals surface area contributed by atoms with Crippen molar-refractivity contribution in [2.75, 3.05) is 45.2 Å². The summed E-state index contributed by atoms with van der Waals surface area (Å²) in [4.78, 5) is 14.8. The molecule has 26 heavy (non-hydrogen) atoms. The molecule has 1 fully saturated rings. The van der Waals surface area contributed by atoms with Gasteiger partial charge >= 0.3 is 6.03 Å². The number of ether oxygens (including phenoxy) is 1. The van der Waals surface area contributed by atoms with Gasteiger partial charge in [-0.3, -0.25) is 0 Å². The fourth-order valence-electron chi connectivity index (χ4n) is 3.52. The minimum Gasteiger partial charge on any atom is -0.383 e. The second kappa shape index (κ2) is 9.21. The Hall–Kier alpha value is -1.82. The van der Waals surface area contributed by atoms with Gasteiger partial charge in [0.1, 0.15) is 0 Å². The quantitative estimate of drug-likeness (QED) is 0.803. The highest BCUT2D eigenvalue weighted by Gasteiger charge is 2.20. The van der Waals surface area contributed by atoms with Crippen LogP contribution >= 0.6 is 11.6 Å². The highest BCUT2D eigenvalue weighted by Crippen LogP contribution is 2.29. The molecule has 0 aliphatic carbocycles. The molecule has 2 N–H and O–H groups in total. The number of urea groups is 1. The minimum atomic E-state index is -0.175. The van der Waals surface area contributed by atoms with E-state index in [2.05, 4.69) is 15.5 Å². The summed E-state index contributed by atoms with van der Waals surface area (Å²) in [7, 11) is 1.73. The van der Waals surface area contributed by atoms with Crippen molar-refractivity contribution in [1.82, 2.24) is 10.2 Å². The van der Waals surface area contributed by atoms with E-state index in [-0.39, 0.29) is 6.03 Å². The Morgan fingerprint density at radius 1 is 1.27 bits per heavy atom. The van der Waals surface area contributed by atoms with Gasteiger partial charge in [0.05, 0.1) is 12.3 Å². The average molecular weight is 376 g/mol. The molecule has 1 aliphatic rings. The van der Waals surface area contributed by atoms with Crippen molar-refractivity contribution in [1.29, 1.82) is 0 Å². The molecule has 3 rings (SSSR count). The normalized spacial score (nSPS) is 18.0. The molecular weight excluding hydrogens is 350 g/mol. The molecule has 2 aromatic rings. The van der Waals surface area contributed by atoms with Crippen LogP contribution in [0.25, 0.3) is 10.8 Å². The van der Waals surface area contributed by atoms with E-state index in [0.717, 1.165) is 49.1 Å². The molecule has 0 bridgehead atoms. The van der Waals surface area contributed by atoms with Crippen molar-refractivity contribution in [3.05, 3.63) is 41.4 Å². The Morgan fingerprint density at radius 3 is 2.88 bits per heavy atom. The zero-order chi connectivity index (χ0) is 18.4. The van der Waals surface area contributed by atoms with Crippen LogP contribution in [0.5, 0.6) is 0 Å². The molecular formula is C20H26ClN3O2. The molecule has 2 amide bonds.